The van der Waals surface area contributed by atoms with Gasteiger partial charge in [-0.3, -0.25) is 0 Å². The first kappa shape index (κ1) is 13.4. The SMILES string of the molecule is Cc1cnc(C(C)Nc2ccc3ncc([N+](=O)[O-])n3n2)s1. The summed E-state index contributed by atoms with van der Waals surface area (Å²) in [6.07, 6.45) is 3.01. The lowest BCUT2D eigenvalue weighted by atomic mass is 10.3. The number of nitrogens with zero attached hydrogens (tertiary/aromatic N) is 5. The van der Waals surface area contributed by atoms with Gasteiger partial charge in [0.2, 0.25) is 5.65 Å². The molecule has 0 aliphatic heterocycles. The molecular weight excluding hydrogens is 292 g/mol. The molecule has 0 radical (unpaired) electrons. The zero-order chi connectivity index (χ0) is 15.0. The van der Waals surface area contributed by atoms with E-state index in [1.165, 1.54) is 10.7 Å². The van der Waals surface area contributed by atoms with Crippen LogP contribution in [0.3, 0.4) is 0 Å². The molecule has 0 aromatic carbocycles. The number of hydrogen-bond donors (Lipinski definition) is 1. The maximum atomic E-state index is 10.9. The molecule has 0 saturated carbocycles. The summed E-state index contributed by atoms with van der Waals surface area (Å²) < 4.78 is 1.21. The number of rotatable bonds is 4. The molecule has 3 aromatic heterocycles. The number of aryl methyl sites for hydroxylation is 1. The fraction of sp³-hybridized carbons (Fsp3) is 0.250. The summed E-state index contributed by atoms with van der Waals surface area (Å²) in [4.78, 5) is 19.8. The minimum atomic E-state index is -0.510. The van der Waals surface area contributed by atoms with E-state index in [9.17, 15) is 10.1 Å². The Morgan fingerprint density at radius 1 is 1.38 bits per heavy atom. The van der Waals surface area contributed by atoms with Gasteiger partial charge in [0.15, 0.2) is 5.82 Å². The zero-order valence-corrected chi connectivity index (χ0v) is 12.2. The standard InChI is InChI=1S/C12H12N6O2S/c1-7-5-14-12(21-7)8(2)15-9-3-4-10-13-6-11(18(19)20)17(10)16-9/h3-6,8H,1-2H3,(H,15,16). The lowest BCUT2D eigenvalue weighted by Gasteiger charge is -2.10. The minimum Gasteiger partial charge on any atom is -0.358 e. The van der Waals surface area contributed by atoms with Crippen LogP contribution in [0.2, 0.25) is 0 Å². The van der Waals surface area contributed by atoms with E-state index in [1.54, 1.807) is 23.5 Å². The monoisotopic (exact) mass is 304 g/mol. The third-order valence-electron chi connectivity index (χ3n) is 2.91. The molecule has 0 aliphatic rings. The van der Waals surface area contributed by atoms with Crippen molar-refractivity contribution >= 4 is 28.6 Å². The Hall–Kier alpha value is -2.55. The smallest absolute Gasteiger partial charge is 0.358 e. The van der Waals surface area contributed by atoms with Crippen LogP contribution in [-0.2, 0) is 0 Å². The van der Waals surface area contributed by atoms with Gasteiger partial charge in [-0.15, -0.1) is 11.3 Å². The second-order valence-electron chi connectivity index (χ2n) is 4.54. The number of aromatic nitrogens is 4. The van der Waals surface area contributed by atoms with Gasteiger partial charge in [0.05, 0.1) is 6.04 Å². The molecule has 0 bridgehead atoms. The molecule has 3 aromatic rings. The van der Waals surface area contributed by atoms with Gasteiger partial charge in [0.1, 0.15) is 11.2 Å². The molecule has 0 fully saturated rings. The van der Waals surface area contributed by atoms with Crippen LogP contribution in [0, 0.1) is 17.0 Å². The number of imidazole rings is 1. The first-order chi connectivity index (χ1) is 10.0. The van der Waals surface area contributed by atoms with E-state index in [2.05, 4.69) is 20.4 Å². The lowest BCUT2D eigenvalue weighted by Crippen LogP contribution is -2.09. The van der Waals surface area contributed by atoms with Crippen molar-refractivity contribution in [3.63, 3.8) is 0 Å². The summed E-state index contributed by atoms with van der Waals surface area (Å²) in [6, 6.07) is 3.39. The first-order valence-electron chi connectivity index (χ1n) is 6.22. The van der Waals surface area contributed by atoms with Gasteiger partial charge < -0.3 is 15.4 Å². The lowest BCUT2D eigenvalue weighted by molar-refractivity contribution is -0.391. The molecule has 1 N–H and O–H groups in total. The van der Waals surface area contributed by atoms with Crippen molar-refractivity contribution in [1.29, 1.82) is 0 Å². The molecule has 9 heteroatoms. The number of nitrogens with one attached hydrogen (secondary N) is 1. The zero-order valence-electron chi connectivity index (χ0n) is 11.3. The van der Waals surface area contributed by atoms with Crippen molar-refractivity contribution in [1.82, 2.24) is 19.6 Å². The van der Waals surface area contributed by atoms with Crippen LogP contribution in [-0.4, -0.2) is 24.5 Å². The quantitative estimate of drug-likeness (QED) is 0.587. The summed E-state index contributed by atoms with van der Waals surface area (Å²) in [7, 11) is 0. The highest BCUT2D eigenvalue weighted by Gasteiger charge is 2.17. The number of hydrogen-bond acceptors (Lipinski definition) is 7. The van der Waals surface area contributed by atoms with Gasteiger partial charge in [-0.25, -0.2) is 9.97 Å². The fourth-order valence-corrected chi connectivity index (χ4v) is 2.70. The Balaban J connectivity index is 1.90. The first-order valence-corrected chi connectivity index (χ1v) is 7.04. The second kappa shape index (κ2) is 5.09. The molecule has 3 heterocycles. The molecule has 21 heavy (non-hydrogen) atoms. The summed E-state index contributed by atoms with van der Waals surface area (Å²) in [6.45, 7) is 3.96. The molecule has 1 atom stereocenters. The highest BCUT2D eigenvalue weighted by Crippen LogP contribution is 2.23. The number of thiazole rings is 1. The molecule has 8 nitrogen and oxygen atoms in total. The molecule has 1 unspecified atom stereocenters. The second-order valence-corrected chi connectivity index (χ2v) is 5.80. The highest BCUT2D eigenvalue weighted by molar-refractivity contribution is 7.11. The Kier molecular flexibility index (Phi) is 3.26. The average Bonchev–Trinajstić information content (AvgIpc) is 3.04. The van der Waals surface area contributed by atoms with Crippen LogP contribution in [0.4, 0.5) is 11.6 Å². The van der Waals surface area contributed by atoms with Crippen molar-refractivity contribution < 1.29 is 4.92 Å². The predicted molar refractivity (Wildman–Crippen MR) is 78.5 cm³/mol. The third kappa shape index (κ3) is 2.55. The van der Waals surface area contributed by atoms with Crippen molar-refractivity contribution in [3.05, 3.63) is 44.5 Å². The van der Waals surface area contributed by atoms with E-state index in [-0.39, 0.29) is 11.9 Å². The van der Waals surface area contributed by atoms with E-state index >= 15 is 0 Å². The summed E-state index contributed by atoms with van der Waals surface area (Å²) in [5, 5.41) is 19.2. The van der Waals surface area contributed by atoms with Crippen LogP contribution in [0.1, 0.15) is 22.9 Å². The van der Waals surface area contributed by atoms with Crippen LogP contribution >= 0.6 is 11.3 Å². The Morgan fingerprint density at radius 2 is 2.19 bits per heavy atom. The number of nitro groups is 1. The normalized spacial score (nSPS) is 12.5. The van der Waals surface area contributed by atoms with Gasteiger partial charge in [0.25, 0.3) is 0 Å². The van der Waals surface area contributed by atoms with Gasteiger partial charge in [-0.05, 0) is 24.8 Å². The van der Waals surface area contributed by atoms with Crippen molar-refractivity contribution in [2.75, 3.05) is 5.32 Å². The molecule has 0 aliphatic carbocycles. The number of fused-ring (bicyclic) bond motifs is 1. The maximum Gasteiger partial charge on any atom is 0.368 e. The topological polar surface area (TPSA) is 98.2 Å². The van der Waals surface area contributed by atoms with E-state index in [1.807, 2.05) is 20.0 Å². The molecule has 0 amide bonds. The van der Waals surface area contributed by atoms with E-state index in [0.29, 0.717) is 11.5 Å². The Bertz CT molecular complexity index is 811. The van der Waals surface area contributed by atoms with Gasteiger partial charge in [-0.2, -0.15) is 0 Å². The van der Waals surface area contributed by atoms with Gasteiger partial charge >= 0.3 is 5.82 Å². The third-order valence-corrected chi connectivity index (χ3v) is 4.00. The van der Waals surface area contributed by atoms with Crippen molar-refractivity contribution in [2.45, 2.75) is 19.9 Å². The molecule has 0 spiro atoms. The van der Waals surface area contributed by atoms with E-state index in [0.717, 1.165) is 9.88 Å². The van der Waals surface area contributed by atoms with Crippen LogP contribution in [0.25, 0.3) is 5.65 Å². The predicted octanol–water partition coefficient (Wildman–Crippen LogP) is 2.58. The molecule has 0 saturated heterocycles. The maximum absolute atomic E-state index is 10.9. The van der Waals surface area contributed by atoms with Crippen molar-refractivity contribution in [3.8, 4) is 0 Å². The fourth-order valence-electron chi connectivity index (χ4n) is 1.92. The largest absolute Gasteiger partial charge is 0.368 e. The number of anilines is 1. The Labute approximate surface area is 123 Å². The summed E-state index contributed by atoms with van der Waals surface area (Å²) in [5.74, 6) is 0.371. The molecule has 3 rings (SSSR count). The van der Waals surface area contributed by atoms with Crippen LogP contribution in [0.15, 0.2) is 24.5 Å². The molecular formula is C12H12N6O2S. The van der Waals surface area contributed by atoms with Gasteiger partial charge in [0, 0.05) is 17.1 Å². The summed E-state index contributed by atoms with van der Waals surface area (Å²) >= 11 is 1.60. The molecule has 108 valence electrons. The minimum absolute atomic E-state index is 0.0313. The van der Waals surface area contributed by atoms with E-state index in [4.69, 9.17) is 0 Å². The van der Waals surface area contributed by atoms with E-state index < -0.39 is 4.92 Å². The van der Waals surface area contributed by atoms with Crippen LogP contribution in [0.5, 0.6) is 0 Å². The summed E-state index contributed by atoms with van der Waals surface area (Å²) in [5.41, 5.74) is 0.435. The van der Waals surface area contributed by atoms with Gasteiger partial charge in [-0.1, -0.05) is 9.61 Å². The highest BCUT2D eigenvalue weighted by atomic mass is 32.1. The van der Waals surface area contributed by atoms with Crippen LogP contribution < -0.4 is 5.32 Å². The van der Waals surface area contributed by atoms with Crippen molar-refractivity contribution in [2.24, 2.45) is 0 Å². The average molecular weight is 304 g/mol. The Morgan fingerprint density at radius 3 is 2.86 bits per heavy atom.